The number of hydrogen-bond donors (Lipinski definition) is 0. The van der Waals surface area contributed by atoms with Crippen molar-refractivity contribution in [3.05, 3.63) is 0 Å². The second-order valence-electron chi connectivity index (χ2n) is 1.47. The molecule has 0 aromatic heterocycles. The van der Waals surface area contributed by atoms with Gasteiger partial charge in [0.15, 0.2) is 0 Å². The number of rotatable bonds is 0. The molecular weight excluding hydrogens is 153 g/mol. The standard InChI is InChI=1S/C3H6O3P.C2H3N/c4-7-5-2-1-3-6-7;1-2-3/h1-3H2;1H3/q+1;. The molecule has 5 heteroatoms. The smallest absolute Gasteiger partial charge is 0.199 e. The van der Waals surface area contributed by atoms with Gasteiger partial charge in [0.25, 0.3) is 0 Å². The first kappa shape index (κ1) is 9.51. The van der Waals surface area contributed by atoms with Gasteiger partial charge in [0.2, 0.25) is 0 Å². The van der Waals surface area contributed by atoms with E-state index in [1.807, 2.05) is 0 Å². The van der Waals surface area contributed by atoms with E-state index in [2.05, 4.69) is 9.05 Å². The zero-order valence-electron chi connectivity index (χ0n) is 5.74. The summed E-state index contributed by atoms with van der Waals surface area (Å²) in [4.78, 5) is 0. The molecule has 0 unspecified atom stereocenters. The third kappa shape index (κ3) is 5.64. The van der Waals surface area contributed by atoms with Crippen LogP contribution in [0.2, 0.25) is 0 Å². The molecule has 0 aliphatic carbocycles. The Hall–Kier alpha value is -0.490. The summed E-state index contributed by atoms with van der Waals surface area (Å²) in [7, 11) is -1.74. The maximum atomic E-state index is 10.2. The molecule has 56 valence electrons. The highest BCUT2D eigenvalue weighted by Crippen LogP contribution is 2.27. The average molecular weight is 162 g/mol. The molecule has 10 heavy (non-hydrogen) atoms. The SMILES string of the molecule is CC#N.O=[P+]1OCCCO1. The summed E-state index contributed by atoms with van der Waals surface area (Å²) in [5.74, 6) is 0. The van der Waals surface area contributed by atoms with Crippen molar-refractivity contribution in [1.29, 1.82) is 5.26 Å². The first-order valence-corrected chi connectivity index (χ1v) is 3.94. The summed E-state index contributed by atoms with van der Waals surface area (Å²) in [5, 5.41) is 7.32. The van der Waals surface area contributed by atoms with Crippen molar-refractivity contribution in [3.63, 3.8) is 0 Å². The van der Waals surface area contributed by atoms with Gasteiger partial charge >= 0.3 is 8.25 Å². The predicted molar refractivity (Wildman–Crippen MR) is 35.4 cm³/mol. The monoisotopic (exact) mass is 162 g/mol. The fourth-order valence-electron chi connectivity index (χ4n) is 0.374. The molecule has 1 aliphatic heterocycles. The van der Waals surface area contributed by atoms with Crippen molar-refractivity contribution in [2.24, 2.45) is 0 Å². The average Bonchev–Trinajstić information content (AvgIpc) is 1.91. The molecular formula is C5H9NO3P+. The third-order valence-corrected chi connectivity index (χ3v) is 1.47. The van der Waals surface area contributed by atoms with Crippen LogP contribution in [0.5, 0.6) is 0 Å². The number of nitriles is 1. The summed E-state index contributed by atoms with van der Waals surface area (Å²) >= 11 is 0. The maximum absolute atomic E-state index is 10.2. The van der Waals surface area contributed by atoms with E-state index in [9.17, 15) is 4.57 Å². The van der Waals surface area contributed by atoms with E-state index in [-0.39, 0.29) is 0 Å². The summed E-state index contributed by atoms with van der Waals surface area (Å²) in [6.45, 7) is 2.59. The fourth-order valence-corrected chi connectivity index (χ4v) is 1.01. The van der Waals surface area contributed by atoms with Gasteiger partial charge in [0.1, 0.15) is 13.2 Å². The highest BCUT2D eigenvalue weighted by molar-refractivity contribution is 7.33. The number of hydrogen-bond acceptors (Lipinski definition) is 4. The third-order valence-electron chi connectivity index (χ3n) is 0.682. The van der Waals surface area contributed by atoms with Gasteiger partial charge in [-0.05, 0) is 0 Å². The molecule has 1 heterocycles. The van der Waals surface area contributed by atoms with Crippen molar-refractivity contribution in [3.8, 4) is 6.07 Å². The largest absolute Gasteiger partial charge is 0.697 e. The fraction of sp³-hybridized carbons (Fsp3) is 0.800. The van der Waals surface area contributed by atoms with E-state index < -0.39 is 8.25 Å². The lowest BCUT2D eigenvalue weighted by Gasteiger charge is -1.94. The molecule has 1 aliphatic rings. The topological polar surface area (TPSA) is 59.3 Å². The minimum absolute atomic E-state index is 0.579. The van der Waals surface area contributed by atoms with Crippen LogP contribution >= 0.6 is 8.25 Å². The second kappa shape index (κ2) is 6.63. The zero-order chi connectivity index (χ0) is 7.82. The van der Waals surface area contributed by atoms with Crippen molar-refractivity contribution < 1.29 is 13.6 Å². The molecule has 0 atom stereocenters. The molecule has 0 aromatic carbocycles. The lowest BCUT2D eigenvalue weighted by Crippen LogP contribution is -2.00. The lowest BCUT2D eigenvalue weighted by molar-refractivity contribution is 0.165. The first-order valence-electron chi connectivity index (χ1n) is 2.85. The Morgan fingerprint density at radius 3 is 2.10 bits per heavy atom. The summed E-state index contributed by atoms with van der Waals surface area (Å²) < 4.78 is 19.3. The minimum atomic E-state index is -1.74. The molecule has 0 N–H and O–H groups in total. The Bertz CT molecular complexity index is 134. The van der Waals surface area contributed by atoms with Crippen LogP contribution in [0.4, 0.5) is 0 Å². The van der Waals surface area contributed by atoms with E-state index in [1.165, 1.54) is 6.92 Å². The molecule has 0 radical (unpaired) electrons. The maximum Gasteiger partial charge on any atom is 0.697 e. The Morgan fingerprint density at radius 2 is 1.90 bits per heavy atom. The quantitative estimate of drug-likeness (QED) is 0.507. The van der Waals surface area contributed by atoms with E-state index in [1.54, 1.807) is 6.07 Å². The van der Waals surface area contributed by atoms with Gasteiger partial charge in [-0.25, -0.2) is 0 Å². The lowest BCUT2D eigenvalue weighted by atomic mass is 10.5. The van der Waals surface area contributed by atoms with E-state index in [0.717, 1.165) is 6.42 Å². The van der Waals surface area contributed by atoms with Crippen LogP contribution in [-0.2, 0) is 13.6 Å². The van der Waals surface area contributed by atoms with E-state index >= 15 is 0 Å². The van der Waals surface area contributed by atoms with Crippen LogP contribution < -0.4 is 0 Å². The van der Waals surface area contributed by atoms with Gasteiger partial charge in [-0.3, -0.25) is 0 Å². The molecule has 0 amide bonds. The highest BCUT2D eigenvalue weighted by atomic mass is 31.1. The van der Waals surface area contributed by atoms with Crippen LogP contribution in [0, 0.1) is 11.3 Å². The Labute approximate surface area is 60.7 Å². The van der Waals surface area contributed by atoms with Crippen LogP contribution in [0.15, 0.2) is 0 Å². The van der Waals surface area contributed by atoms with Gasteiger partial charge in [0, 0.05) is 17.9 Å². The molecule has 0 aromatic rings. The van der Waals surface area contributed by atoms with Crippen molar-refractivity contribution in [1.82, 2.24) is 0 Å². The molecule has 0 bridgehead atoms. The van der Waals surface area contributed by atoms with Crippen molar-refractivity contribution in [2.75, 3.05) is 13.2 Å². The van der Waals surface area contributed by atoms with Gasteiger partial charge in [-0.1, -0.05) is 0 Å². The van der Waals surface area contributed by atoms with Crippen LogP contribution in [0.1, 0.15) is 13.3 Å². The van der Waals surface area contributed by atoms with E-state index in [4.69, 9.17) is 5.26 Å². The van der Waals surface area contributed by atoms with Gasteiger partial charge in [-0.15, -0.1) is 9.05 Å². The summed E-state index contributed by atoms with van der Waals surface area (Å²) in [6.07, 6.45) is 0.862. The van der Waals surface area contributed by atoms with Gasteiger partial charge < -0.3 is 0 Å². The van der Waals surface area contributed by atoms with Gasteiger partial charge in [-0.2, -0.15) is 5.26 Å². The van der Waals surface area contributed by atoms with Crippen LogP contribution in [-0.4, -0.2) is 13.2 Å². The molecule has 1 saturated heterocycles. The molecule has 0 spiro atoms. The van der Waals surface area contributed by atoms with Crippen molar-refractivity contribution >= 4 is 8.25 Å². The molecule has 1 rings (SSSR count). The second-order valence-corrected chi connectivity index (χ2v) is 2.43. The first-order chi connectivity index (χ1) is 4.81. The molecule has 1 fully saturated rings. The zero-order valence-corrected chi connectivity index (χ0v) is 6.63. The summed E-state index contributed by atoms with van der Waals surface area (Å²) in [6, 6.07) is 1.75. The normalized spacial score (nSPS) is 16.6. The van der Waals surface area contributed by atoms with Crippen molar-refractivity contribution in [2.45, 2.75) is 13.3 Å². The predicted octanol–water partition coefficient (Wildman–Crippen LogP) is 1.61. The van der Waals surface area contributed by atoms with Crippen LogP contribution in [0.25, 0.3) is 0 Å². The number of nitrogens with zero attached hydrogens (tertiary/aromatic N) is 1. The Kier molecular flexibility index (Phi) is 6.30. The summed E-state index contributed by atoms with van der Waals surface area (Å²) in [5.41, 5.74) is 0. The molecule has 4 nitrogen and oxygen atoms in total. The van der Waals surface area contributed by atoms with E-state index in [0.29, 0.717) is 13.2 Å². The minimum Gasteiger partial charge on any atom is -0.199 e. The Balaban J connectivity index is 0.000000236. The molecule has 0 saturated carbocycles. The van der Waals surface area contributed by atoms with Gasteiger partial charge in [0.05, 0.1) is 6.07 Å². The Morgan fingerprint density at radius 1 is 1.50 bits per heavy atom. The highest BCUT2D eigenvalue weighted by Gasteiger charge is 2.23. The van der Waals surface area contributed by atoms with Crippen LogP contribution in [0.3, 0.4) is 0 Å².